The molecule has 2 amide bonds. The van der Waals surface area contributed by atoms with E-state index in [1.165, 1.54) is 12.8 Å². The quantitative estimate of drug-likeness (QED) is 0.847. The lowest BCUT2D eigenvalue weighted by Crippen LogP contribution is -2.40. The van der Waals surface area contributed by atoms with Gasteiger partial charge in [-0.2, -0.15) is 0 Å². The number of carbonyl (C=O) groups excluding carboxylic acids is 1. The molecule has 2 rings (SSSR count). The molecular formula is C16H24N2O4. The van der Waals surface area contributed by atoms with Crippen molar-refractivity contribution in [3.63, 3.8) is 0 Å². The molecular weight excluding hydrogens is 284 g/mol. The molecule has 0 atom stereocenters. The van der Waals surface area contributed by atoms with E-state index in [2.05, 4.69) is 10.6 Å². The number of benzene rings is 1. The van der Waals surface area contributed by atoms with E-state index in [4.69, 9.17) is 14.2 Å². The first-order valence-corrected chi connectivity index (χ1v) is 7.51. The maximum atomic E-state index is 11.9. The highest BCUT2D eigenvalue weighted by molar-refractivity contribution is 5.74. The molecule has 1 aromatic carbocycles. The van der Waals surface area contributed by atoms with Crippen molar-refractivity contribution in [1.82, 2.24) is 10.6 Å². The fourth-order valence-electron chi connectivity index (χ4n) is 2.73. The van der Waals surface area contributed by atoms with E-state index in [0.717, 1.165) is 18.4 Å². The van der Waals surface area contributed by atoms with E-state index in [1.807, 2.05) is 12.1 Å². The van der Waals surface area contributed by atoms with E-state index in [0.29, 0.717) is 29.8 Å². The van der Waals surface area contributed by atoms with Crippen LogP contribution in [0.15, 0.2) is 12.1 Å². The van der Waals surface area contributed by atoms with Crippen LogP contribution in [0.25, 0.3) is 0 Å². The minimum atomic E-state index is -0.138. The third-order valence-electron chi connectivity index (χ3n) is 3.87. The zero-order valence-corrected chi connectivity index (χ0v) is 13.4. The SMILES string of the molecule is COc1cc(CNC(=O)NC2CCCC2)cc(OC)c1OC. The van der Waals surface area contributed by atoms with Crippen LogP contribution >= 0.6 is 0 Å². The van der Waals surface area contributed by atoms with Gasteiger partial charge in [-0.05, 0) is 30.5 Å². The summed E-state index contributed by atoms with van der Waals surface area (Å²) < 4.78 is 15.9. The van der Waals surface area contributed by atoms with Crippen molar-refractivity contribution in [2.45, 2.75) is 38.3 Å². The highest BCUT2D eigenvalue weighted by Gasteiger charge is 2.17. The van der Waals surface area contributed by atoms with Crippen LogP contribution in [-0.2, 0) is 6.54 Å². The fourth-order valence-corrected chi connectivity index (χ4v) is 2.73. The summed E-state index contributed by atoms with van der Waals surface area (Å²) in [5.74, 6) is 1.70. The normalized spacial score (nSPS) is 14.5. The van der Waals surface area contributed by atoms with Crippen molar-refractivity contribution in [3.8, 4) is 17.2 Å². The maximum absolute atomic E-state index is 11.9. The Morgan fingerprint density at radius 1 is 1.09 bits per heavy atom. The van der Waals surface area contributed by atoms with Crippen LogP contribution in [0.4, 0.5) is 4.79 Å². The van der Waals surface area contributed by atoms with Crippen molar-refractivity contribution in [1.29, 1.82) is 0 Å². The third kappa shape index (κ3) is 3.96. The Kier molecular flexibility index (Phi) is 5.75. The molecule has 22 heavy (non-hydrogen) atoms. The number of nitrogens with one attached hydrogen (secondary N) is 2. The zero-order valence-electron chi connectivity index (χ0n) is 13.4. The smallest absolute Gasteiger partial charge is 0.315 e. The lowest BCUT2D eigenvalue weighted by molar-refractivity contribution is 0.236. The predicted molar refractivity (Wildman–Crippen MR) is 83.7 cm³/mol. The van der Waals surface area contributed by atoms with E-state index in [9.17, 15) is 4.79 Å². The fraction of sp³-hybridized carbons (Fsp3) is 0.562. The summed E-state index contributed by atoms with van der Waals surface area (Å²) in [6.07, 6.45) is 4.52. The van der Waals surface area contributed by atoms with Gasteiger partial charge in [-0.1, -0.05) is 12.8 Å². The topological polar surface area (TPSA) is 68.8 Å². The number of amides is 2. The minimum absolute atomic E-state index is 0.138. The molecule has 122 valence electrons. The molecule has 0 unspecified atom stereocenters. The van der Waals surface area contributed by atoms with Gasteiger partial charge in [-0.3, -0.25) is 0 Å². The van der Waals surface area contributed by atoms with Crippen molar-refractivity contribution < 1.29 is 19.0 Å². The molecule has 2 N–H and O–H groups in total. The molecule has 6 nitrogen and oxygen atoms in total. The van der Waals surface area contributed by atoms with Gasteiger partial charge in [0.15, 0.2) is 11.5 Å². The third-order valence-corrected chi connectivity index (χ3v) is 3.87. The van der Waals surface area contributed by atoms with Gasteiger partial charge < -0.3 is 24.8 Å². The molecule has 0 heterocycles. The van der Waals surface area contributed by atoms with E-state index < -0.39 is 0 Å². The number of hydrogen-bond acceptors (Lipinski definition) is 4. The van der Waals surface area contributed by atoms with Gasteiger partial charge in [-0.25, -0.2) is 4.79 Å². The summed E-state index contributed by atoms with van der Waals surface area (Å²) >= 11 is 0. The number of methoxy groups -OCH3 is 3. The molecule has 0 saturated heterocycles. The predicted octanol–water partition coefficient (Wildman–Crippen LogP) is 2.45. The molecule has 0 spiro atoms. The second-order valence-electron chi connectivity index (χ2n) is 5.34. The van der Waals surface area contributed by atoms with Crippen LogP contribution in [0, 0.1) is 0 Å². The Hall–Kier alpha value is -2.11. The van der Waals surface area contributed by atoms with Crippen LogP contribution in [0.1, 0.15) is 31.2 Å². The largest absolute Gasteiger partial charge is 0.493 e. The zero-order chi connectivity index (χ0) is 15.9. The number of urea groups is 1. The summed E-state index contributed by atoms with van der Waals surface area (Å²) in [5, 5.41) is 5.86. The molecule has 1 aliphatic rings. The second-order valence-corrected chi connectivity index (χ2v) is 5.34. The molecule has 1 aliphatic carbocycles. The molecule has 1 saturated carbocycles. The summed E-state index contributed by atoms with van der Waals surface area (Å²) in [6, 6.07) is 3.83. The maximum Gasteiger partial charge on any atom is 0.315 e. The van der Waals surface area contributed by atoms with E-state index >= 15 is 0 Å². The van der Waals surface area contributed by atoms with Gasteiger partial charge in [0.2, 0.25) is 5.75 Å². The highest BCUT2D eigenvalue weighted by Crippen LogP contribution is 2.38. The molecule has 0 bridgehead atoms. The van der Waals surface area contributed by atoms with Crippen LogP contribution < -0.4 is 24.8 Å². The number of hydrogen-bond donors (Lipinski definition) is 2. The van der Waals surface area contributed by atoms with Crippen LogP contribution in [0.3, 0.4) is 0 Å². The number of rotatable bonds is 6. The molecule has 0 radical (unpaired) electrons. The monoisotopic (exact) mass is 308 g/mol. The summed E-state index contributed by atoms with van der Waals surface area (Å²) in [6.45, 7) is 0.398. The van der Waals surface area contributed by atoms with E-state index in [1.54, 1.807) is 21.3 Å². The molecule has 0 aliphatic heterocycles. The van der Waals surface area contributed by atoms with Crippen LogP contribution in [0.5, 0.6) is 17.2 Å². The van der Waals surface area contributed by atoms with Gasteiger partial charge in [0, 0.05) is 12.6 Å². The van der Waals surface area contributed by atoms with Gasteiger partial charge in [0.05, 0.1) is 21.3 Å². The average Bonchev–Trinajstić information content (AvgIpc) is 3.04. The lowest BCUT2D eigenvalue weighted by atomic mass is 10.2. The number of ether oxygens (including phenoxy) is 3. The Balaban J connectivity index is 1.98. The van der Waals surface area contributed by atoms with E-state index in [-0.39, 0.29) is 6.03 Å². The molecule has 1 fully saturated rings. The molecule has 6 heteroatoms. The summed E-state index contributed by atoms with van der Waals surface area (Å²) in [7, 11) is 4.70. The standard InChI is InChI=1S/C16H24N2O4/c1-20-13-8-11(9-14(21-2)15(13)22-3)10-17-16(19)18-12-6-4-5-7-12/h8-9,12H,4-7,10H2,1-3H3,(H2,17,18,19). The van der Waals surface area contributed by atoms with Crippen molar-refractivity contribution in [2.75, 3.05) is 21.3 Å². The Morgan fingerprint density at radius 2 is 1.68 bits per heavy atom. The first-order chi connectivity index (χ1) is 10.7. The van der Waals surface area contributed by atoms with Crippen molar-refractivity contribution in [3.05, 3.63) is 17.7 Å². The van der Waals surface area contributed by atoms with Gasteiger partial charge >= 0.3 is 6.03 Å². The first kappa shape index (κ1) is 16.3. The lowest BCUT2D eigenvalue weighted by Gasteiger charge is -2.16. The highest BCUT2D eigenvalue weighted by atomic mass is 16.5. The van der Waals surface area contributed by atoms with Crippen molar-refractivity contribution in [2.24, 2.45) is 0 Å². The minimum Gasteiger partial charge on any atom is -0.493 e. The van der Waals surface area contributed by atoms with Gasteiger partial charge in [0.25, 0.3) is 0 Å². The second kappa shape index (κ2) is 7.77. The van der Waals surface area contributed by atoms with Crippen LogP contribution in [-0.4, -0.2) is 33.4 Å². The van der Waals surface area contributed by atoms with Gasteiger partial charge in [0.1, 0.15) is 0 Å². The molecule has 1 aromatic rings. The first-order valence-electron chi connectivity index (χ1n) is 7.51. The Labute approximate surface area is 131 Å². The summed E-state index contributed by atoms with van der Waals surface area (Å²) in [4.78, 5) is 11.9. The van der Waals surface area contributed by atoms with Crippen molar-refractivity contribution >= 4 is 6.03 Å². The average molecular weight is 308 g/mol. The van der Waals surface area contributed by atoms with Gasteiger partial charge in [-0.15, -0.1) is 0 Å². The number of carbonyl (C=O) groups is 1. The van der Waals surface area contributed by atoms with Crippen LogP contribution in [0.2, 0.25) is 0 Å². The summed E-state index contributed by atoms with van der Waals surface area (Å²) in [5.41, 5.74) is 0.885. The molecule has 0 aromatic heterocycles. The Morgan fingerprint density at radius 3 is 2.18 bits per heavy atom. The Bertz CT molecular complexity index is 488.